The van der Waals surface area contributed by atoms with Crippen LogP contribution in [0, 0.1) is 0 Å². The second-order valence-corrected chi connectivity index (χ2v) is 9.45. The number of aryl methyl sites for hydroxylation is 2. The van der Waals surface area contributed by atoms with Crippen LogP contribution in [0.1, 0.15) is 89.4 Å². The first-order valence-corrected chi connectivity index (χ1v) is 13.4. The average molecular weight is 473 g/mol. The normalized spacial score (nSPS) is 14.5. The second kappa shape index (κ2) is 14.1. The van der Waals surface area contributed by atoms with Gasteiger partial charge in [-0.3, -0.25) is 0 Å². The van der Waals surface area contributed by atoms with Crippen molar-refractivity contribution in [1.82, 2.24) is 25.2 Å². The second-order valence-electron chi connectivity index (χ2n) is 9.45. The third-order valence-electron chi connectivity index (χ3n) is 6.66. The van der Waals surface area contributed by atoms with Gasteiger partial charge in [-0.25, -0.2) is 14.8 Å². The summed E-state index contributed by atoms with van der Waals surface area (Å²) in [5, 5.41) is 5.99. The van der Waals surface area contributed by atoms with Crippen molar-refractivity contribution < 1.29 is 9.53 Å². The highest BCUT2D eigenvalue weighted by Crippen LogP contribution is 2.26. The number of amides is 2. The number of carbonyl (C=O) groups is 1. The third kappa shape index (κ3) is 7.58. The van der Waals surface area contributed by atoms with E-state index in [9.17, 15) is 4.79 Å². The molecule has 2 amide bonds. The van der Waals surface area contributed by atoms with Crippen LogP contribution in [0.2, 0.25) is 0 Å². The number of unbranched alkanes of at least 4 members (excludes halogenated alkanes) is 3. The molecule has 4 N–H and O–H groups in total. The molecule has 0 saturated heterocycles. The lowest BCUT2D eigenvalue weighted by molar-refractivity contribution is 0.128. The molecule has 1 aliphatic carbocycles. The van der Waals surface area contributed by atoms with Crippen LogP contribution in [0.5, 0.6) is 0 Å². The summed E-state index contributed by atoms with van der Waals surface area (Å²) in [6.45, 7) is 6.66. The summed E-state index contributed by atoms with van der Waals surface area (Å²) in [6.07, 6.45) is 15.5. The van der Waals surface area contributed by atoms with E-state index in [0.717, 1.165) is 55.4 Å². The van der Waals surface area contributed by atoms with Crippen molar-refractivity contribution in [3.05, 3.63) is 17.6 Å². The summed E-state index contributed by atoms with van der Waals surface area (Å²) in [6, 6.07) is 0.233. The molecule has 1 aliphatic rings. The van der Waals surface area contributed by atoms with Gasteiger partial charge in [-0.15, -0.1) is 0 Å². The molecular formula is C26H44N6O2. The SMILES string of the molecule is CCCCCCc1cnc(N)c2nc(CCC)n(CCOCCNC(=O)NC3CCCCC3)c12. The molecular weight excluding hydrogens is 428 g/mol. The van der Waals surface area contributed by atoms with Gasteiger partial charge >= 0.3 is 6.03 Å². The van der Waals surface area contributed by atoms with Gasteiger partial charge in [-0.2, -0.15) is 0 Å². The van der Waals surface area contributed by atoms with Crippen LogP contribution in [-0.2, 0) is 24.1 Å². The Morgan fingerprint density at radius 2 is 1.94 bits per heavy atom. The Bertz CT molecular complexity index is 891. The molecule has 0 unspecified atom stereocenters. The van der Waals surface area contributed by atoms with E-state index in [-0.39, 0.29) is 6.03 Å². The molecule has 3 rings (SSSR count). The predicted octanol–water partition coefficient (Wildman–Crippen LogP) is 4.74. The Labute approximate surface area is 204 Å². The molecule has 0 aliphatic heterocycles. The Balaban J connectivity index is 1.53. The molecule has 1 saturated carbocycles. The lowest BCUT2D eigenvalue weighted by atomic mass is 9.96. The van der Waals surface area contributed by atoms with Crippen molar-refractivity contribution in [1.29, 1.82) is 0 Å². The number of imidazole rings is 1. The maximum atomic E-state index is 12.1. The summed E-state index contributed by atoms with van der Waals surface area (Å²) in [5.74, 6) is 1.54. The van der Waals surface area contributed by atoms with Crippen molar-refractivity contribution in [3.63, 3.8) is 0 Å². The van der Waals surface area contributed by atoms with Crippen molar-refractivity contribution in [3.8, 4) is 0 Å². The van der Waals surface area contributed by atoms with Gasteiger partial charge in [0.2, 0.25) is 0 Å². The van der Waals surface area contributed by atoms with Crippen molar-refractivity contribution in [2.24, 2.45) is 0 Å². The molecule has 8 heteroatoms. The molecule has 2 aromatic heterocycles. The van der Waals surface area contributed by atoms with E-state index in [0.29, 0.717) is 38.2 Å². The molecule has 0 radical (unpaired) electrons. The number of hydrogen-bond donors (Lipinski definition) is 3. The maximum Gasteiger partial charge on any atom is 0.315 e. The predicted molar refractivity (Wildman–Crippen MR) is 138 cm³/mol. The highest BCUT2D eigenvalue weighted by atomic mass is 16.5. The lowest BCUT2D eigenvalue weighted by Crippen LogP contribution is -2.43. The third-order valence-corrected chi connectivity index (χ3v) is 6.66. The number of aromatic nitrogens is 3. The topological polar surface area (TPSA) is 107 Å². The van der Waals surface area contributed by atoms with Crippen LogP contribution >= 0.6 is 0 Å². The van der Waals surface area contributed by atoms with Crippen LogP contribution in [0.15, 0.2) is 6.20 Å². The van der Waals surface area contributed by atoms with E-state index < -0.39 is 0 Å². The fourth-order valence-electron chi connectivity index (χ4n) is 4.83. The average Bonchev–Trinajstić information content (AvgIpc) is 3.20. The highest BCUT2D eigenvalue weighted by molar-refractivity contribution is 5.88. The largest absolute Gasteiger partial charge is 0.382 e. The van der Waals surface area contributed by atoms with Gasteiger partial charge < -0.3 is 25.7 Å². The van der Waals surface area contributed by atoms with Crippen molar-refractivity contribution >= 4 is 22.9 Å². The number of carbonyl (C=O) groups excluding carboxylic acids is 1. The first kappa shape index (κ1) is 26.3. The number of rotatable bonds is 14. The van der Waals surface area contributed by atoms with E-state index in [1.54, 1.807) is 0 Å². The van der Waals surface area contributed by atoms with Gasteiger partial charge in [0.15, 0.2) is 5.82 Å². The van der Waals surface area contributed by atoms with Crippen molar-refractivity contribution in [2.75, 3.05) is 25.5 Å². The quantitative estimate of drug-likeness (QED) is 0.344. The maximum absolute atomic E-state index is 12.1. The van der Waals surface area contributed by atoms with E-state index in [4.69, 9.17) is 15.5 Å². The Morgan fingerprint density at radius 1 is 1.12 bits per heavy atom. The molecule has 0 bridgehead atoms. The van der Waals surface area contributed by atoms with Crippen LogP contribution < -0.4 is 16.4 Å². The number of urea groups is 1. The lowest BCUT2D eigenvalue weighted by Gasteiger charge is -2.22. The smallest absolute Gasteiger partial charge is 0.315 e. The first-order valence-electron chi connectivity index (χ1n) is 13.4. The molecule has 1 fully saturated rings. The van der Waals surface area contributed by atoms with E-state index in [1.165, 1.54) is 44.1 Å². The number of pyridine rings is 1. The molecule has 190 valence electrons. The van der Waals surface area contributed by atoms with Crippen LogP contribution in [0.4, 0.5) is 10.6 Å². The number of nitrogen functional groups attached to an aromatic ring is 1. The zero-order valence-electron chi connectivity index (χ0n) is 21.2. The fourth-order valence-corrected chi connectivity index (χ4v) is 4.83. The zero-order chi connectivity index (χ0) is 24.2. The van der Waals surface area contributed by atoms with Gasteiger partial charge in [-0.1, -0.05) is 52.4 Å². The van der Waals surface area contributed by atoms with Gasteiger partial charge in [0.25, 0.3) is 0 Å². The van der Waals surface area contributed by atoms with Crippen LogP contribution in [0.25, 0.3) is 11.0 Å². The number of nitrogens with two attached hydrogens (primary N) is 1. The Hall–Kier alpha value is -2.35. The van der Waals surface area contributed by atoms with Gasteiger partial charge in [-0.05, 0) is 37.7 Å². The molecule has 0 aromatic carbocycles. The Kier molecular flexibility index (Phi) is 10.9. The van der Waals surface area contributed by atoms with E-state index in [1.807, 2.05) is 6.20 Å². The molecule has 2 heterocycles. The summed E-state index contributed by atoms with van der Waals surface area (Å²) >= 11 is 0. The number of hydrogen-bond acceptors (Lipinski definition) is 5. The van der Waals surface area contributed by atoms with E-state index in [2.05, 4.69) is 34.0 Å². The van der Waals surface area contributed by atoms with Crippen LogP contribution in [0.3, 0.4) is 0 Å². The molecule has 0 spiro atoms. The van der Waals surface area contributed by atoms with Crippen molar-refractivity contribution in [2.45, 2.75) is 103 Å². The van der Waals surface area contributed by atoms with Gasteiger partial charge in [0, 0.05) is 31.7 Å². The monoisotopic (exact) mass is 472 g/mol. The highest BCUT2D eigenvalue weighted by Gasteiger charge is 2.17. The summed E-state index contributed by atoms with van der Waals surface area (Å²) < 4.78 is 8.15. The molecule has 0 atom stereocenters. The molecule has 34 heavy (non-hydrogen) atoms. The van der Waals surface area contributed by atoms with Gasteiger partial charge in [0.1, 0.15) is 11.3 Å². The minimum absolute atomic E-state index is 0.0861. The number of ether oxygens (including phenoxy) is 1. The van der Waals surface area contributed by atoms with Crippen LogP contribution in [-0.4, -0.2) is 46.4 Å². The van der Waals surface area contributed by atoms with E-state index >= 15 is 0 Å². The molecule has 2 aromatic rings. The summed E-state index contributed by atoms with van der Waals surface area (Å²) in [5.41, 5.74) is 9.35. The minimum atomic E-state index is -0.0861. The zero-order valence-corrected chi connectivity index (χ0v) is 21.2. The summed E-state index contributed by atoms with van der Waals surface area (Å²) in [4.78, 5) is 21.4. The minimum Gasteiger partial charge on any atom is -0.382 e. The standard InChI is InChI=1S/C26H44N6O2/c1-3-5-6-8-12-20-19-29-25(27)23-24(20)32(22(31-23)11-4-2)16-18-34-17-15-28-26(33)30-21-13-9-7-10-14-21/h19,21H,3-18H2,1-2H3,(H2,27,29)(H2,28,30,33). The number of nitrogens with zero attached hydrogens (tertiary/aromatic N) is 3. The fraction of sp³-hybridized carbons (Fsp3) is 0.731. The first-order chi connectivity index (χ1) is 16.6. The number of fused-ring (bicyclic) bond motifs is 1. The number of nitrogens with one attached hydrogen (secondary N) is 2. The summed E-state index contributed by atoms with van der Waals surface area (Å²) in [7, 11) is 0. The Morgan fingerprint density at radius 3 is 2.71 bits per heavy atom. The number of anilines is 1. The van der Waals surface area contributed by atoms with Gasteiger partial charge in [0.05, 0.1) is 18.7 Å². The molecule has 8 nitrogen and oxygen atoms in total.